The van der Waals surface area contributed by atoms with Crippen molar-refractivity contribution in [3.8, 4) is 11.4 Å². The van der Waals surface area contributed by atoms with Gasteiger partial charge in [-0.3, -0.25) is 14.2 Å². The number of fused-ring (bicyclic) bond motifs is 3. The van der Waals surface area contributed by atoms with Crippen molar-refractivity contribution in [2.75, 3.05) is 0 Å². The van der Waals surface area contributed by atoms with Gasteiger partial charge in [-0.25, -0.2) is 0 Å². The molecule has 0 saturated heterocycles. The van der Waals surface area contributed by atoms with E-state index in [4.69, 9.17) is 4.74 Å². The van der Waals surface area contributed by atoms with Crippen LogP contribution in [0.25, 0.3) is 16.6 Å². The van der Waals surface area contributed by atoms with Crippen molar-refractivity contribution in [3.63, 3.8) is 0 Å². The molecule has 0 aliphatic carbocycles. The summed E-state index contributed by atoms with van der Waals surface area (Å²) in [5.74, 6) is -0.255. The van der Waals surface area contributed by atoms with Crippen molar-refractivity contribution in [2.45, 2.75) is 19.3 Å². The van der Waals surface area contributed by atoms with Crippen LogP contribution in [0.3, 0.4) is 0 Å². The van der Waals surface area contributed by atoms with E-state index in [0.29, 0.717) is 11.3 Å². The Labute approximate surface area is 168 Å². The fourth-order valence-corrected chi connectivity index (χ4v) is 4.25. The highest BCUT2D eigenvalue weighted by molar-refractivity contribution is 5.92. The molecule has 0 N–H and O–H groups in total. The average Bonchev–Trinajstić information content (AvgIpc) is 2.74. The molecule has 0 spiro atoms. The van der Waals surface area contributed by atoms with Crippen molar-refractivity contribution in [1.82, 2.24) is 4.57 Å². The molecule has 1 aliphatic rings. The first-order valence-corrected chi connectivity index (χ1v) is 9.64. The molecule has 0 fully saturated rings. The zero-order chi connectivity index (χ0) is 20.0. The number of hydrogen-bond donors (Lipinski definition) is 0. The van der Waals surface area contributed by atoms with E-state index in [1.54, 1.807) is 4.57 Å². The van der Waals surface area contributed by atoms with Gasteiger partial charge >= 0.3 is 5.97 Å². The summed E-state index contributed by atoms with van der Waals surface area (Å²) >= 11 is 0. The molecule has 4 heteroatoms. The molecule has 0 amide bonds. The summed E-state index contributed by atoms with van der Waals surface area (Å²) in [5, 5.41) is 0.762. The molecule has 0 radical (unpaired) electrons. The third-order valence-electron chi connectivity index (χ3n) is 5.58. The van der Waals surface area contributed by atoms with Gasteiger partial charge in [0.2, 0.25) is 0 Å². The van der Waals surface area contributed by atoms with Crippen LogP contribution in [0.15, 0.2) is 83.7 Å². The third-order valence-corrected chi connectivity index (χ3v) is 5.58. The van der Waals surface area contributed by atoms with Crippen molar-refractivity contribution < 1.29 is 9.53 Å². The topological polar surface area (TPSA) is 48.3 Å². The number of aryl methyl sites for hydroxylation is 1. The molecule has 2 heterocycles. The maximum atomic E-state index is 13.8. The smallest absolute Gasteiger partial charge is 0.312 e. The Hall–Kier alpha value is -3.66. The third kappa shape index (κ3) is 2.76. The summed E-state index contributed by atoms with van der Waals surface area (Å²) in [6.07, 6.45) is 0.153. The zero-order valence-electron chi connectivity index (χ0n) is 16.0. The Kier molecular flexibility index (Phi) is 4.06. The monoisotopic (exact) mass is 381 g/mol. The van der Waals surface area contributed by atoms with Gasteiger partial charge in [0, 0.05) is 17.0 Å². The second kappa shape index (κ2) is 6.74. The normalized spacial score (nSPS) is 15.8. The molecule has 29 heavy (non-hydrogen) atoms. The highest BCUT2D eigenvalue weighted by atomic mass is 16.5. The highest BCUT2D eigenvalue weighted by Gasteiger charge is 2.34. The largest absolute Gasteiger partial charge is 0.425 e. The molecule has 1 atom stereocenters. The van der Waals surface area contributed by atoms with Gasteiger partial charge in [0.25, 0.3) is 5.56 Å². The van der Waals surface area contributed by atoms with E-state index in [2.05, 4.69) is 0 Å². The van der Waals surface area contributed by atoms with Crippen LogP contribution in [-0.2, 0) is 4.79 Å². The van der Waals surface area contributed by atoms with Crippen LogP contribution in [0, 0.1) is 6.92 Å². The summed E-state index contributed by atoms with van der Waals surface area (Å²) < 4.78 is 7.38. The fourth-order valence-electron chi connectivity index (χ4n) is 4.25. The van der Waals surface area contributed by atoms with Crippen molar-refractivity contribution >= 4 is 16.9 Å². The zero-order valence-corrected chi connectivity index (χ0v) is 16.0. The molecule has 1 aliphatic heterocycles. The van der Waals surface area contributed by atoms with Crippen LogP contribution in [0.5, 0.6) is 5.75 Å². The van der Waals surface area contributed by atoms with Crippen LogP contribution >= 0.6 is 0 Å². The maximum Gasteiger partial charge on any atom is 0.312 e. The van der Waals surface area contributed by atoms with E-state index in [-0.39, 0.29) is 23.9 Å². The molecule has 1 aromatic heterocycles. The molecule has 0 bridgehead atoms. The minimum atomic E-state index is -0.334. The minimum absolute atomic E-state index is 0.148. The Balaban J connectivity index is 1.90. The second-order valence-electron chi connectivity index (χ2n) is 7.32. The van der Waals surface area contributed by atoms with Gasteiger partial charge in [-0.15, -0.1) is 0 Å². The van der Waals surface area contributed by atoms with Crippen LogP contribution in [-0.4, -0.2) is 10.5 Å². The number of hydrogen-bond acceptors (Lipinski definition) is 3. The number of esters is 1. The first kappa shape index (κ1) is 17.4. The van der Waals surface area contributed by atoms with E-state index >= 15 is 0 Å². The van der Waals surface area contributed by atoms with Gasteiger partial charge in [0.05, 0.1) is 17.5 Å². The number of nitrogens with zero attached hydrogens (tertiary/aromatic N) is 1. The number of rotatable bonds is 2. The van der Waals surface area contributed by atoms with Gasteiger partial charge < -0.3 is 4.74 Å². The molecule has 0 saturated carbocycles. The van der Waals surface area contributed by atoms with Gasteiger partial charge in [0.15, 0.2) is 0 Å². The van der Waals surface area contributed by atoms with E-state index in [0.717, 1.165) is 27.7 Å². The lowest BCUT2D eigenvalue weighted by molar-refractivity contribution is -0.135. The second-order valence-corrected chi connectivity index (χ2v) is 7.32. The Morgan fingerprint density at radius 3 is 2.34 bits per heavy atom. The van der Waals surface area contributed by atoms with E-state index in [1.165, 1.54) is 0 Å². The summed E-state index contributed by atoms with van der Waals surface area (Å²) in [7, 11) is 0. The molecule has 5 rings (SSSR count). The first-order valence-electron chi connectivity index (χ1n) is 9.64. The van der Waals surface area contributed by atoms with Gasteiger partial charge in [-0.1, -0.05) is 54.6 Å². The van der Waals surface area contributed by atoms with Crippen molar-refractivity contribution in [3.05, 3.63) is 106 Å². The lowest BCUT2D eigenvalue weighted by Crippen LogP contribution is -2.32. The van der Waals surface area contributed by atoms with Crippen LogP contribution in [0.4, 0.5) is 0 Å². The highest BCUT2D eigenvalue weighted by Crippen LogP contribution is 2.41. The quantitative estimate of drug-likeness (QED) is 0.471. The number of ether oxygens (including phenoxy) is 1. The minimum Gasteiger partial charge on any atom is -0.425 e. The summed E-state index contributed by atoms with van der Waals surface area (Å²) in [6, 6.07) is 25.0. The maximum absolute atomic E-state index is 13.8. The molecule has 3 aromatic carbocycles. The SMILES string of the molecule is Cc1ccccc1C1CC(=O)Oc2c1c(=O)n(-c1ccccc1)c1ccccc21. The van der Waals surface area contributed by atoms with E-state index < -0.39 is 0 Å². The summed E-state index contributed by atoms with van der Waals surface area (Å²) in [6.45, 7) is 2.01. The lowest BCUT2D eigenvalue weighted by atomic mass is 9.84. The Bertz CT molecular complexity index is 1300. The number of aromatic nitrogens is 1. The summed E-state index contributed by atoms with van der Waals surface area (Å²) in [4.78, 5) is 26.3. The lowest BCUT2D eigenvalue weighted by Gasteiger charge is -2.27. The predicted octanol–water partition coefficient (Wildman–Crippen LogP) is 4.74. The van der Waals surface area contributed by atoms with Crippen LogP contribution in [0.2, 0.25) is 0 Å². The van der Waals surface area contributed by atoms with Crippen LogP contribution < -0.4 is 10.3 Å². The molecule has 4 aromatic rings. The van der Waals surface area contributed by atoms with Crippen molar-refractivity contribution in [1.29, 1.82) is 0 Å². The Morgan fingerprint density at radius 2 is 1.55 bits per heavy atom. The summed E-state index contributed by atoms with van der Waals surface area (Å²) in [5.41, 5.74) is 3.94. The Morgan fingerprint density at radius 1 is 0.862 bits per heavy atom. The fraction of sp³-hybridized carbons (Fsp3) is 0.120. The van der Waals surface area contributed by atoms with Gasteiger partial charge in [-0.2, -0.15) is 0 Å². The van der Waals surface area contributed by atoms with Crippen LogP contribution in [0.1, 0.15) is 29.0 Å². The number of para-hydroxylation sites is 2. The van der Waals surface area contributed by atoms with E-state index in [1.807, 2.05) is 85.8 Å². The average molecular weight is 381 g/mol. The number of benzene rings is 3. The number of pyridine rings is 1. The molecule has 4 nitrogen and oxygen atoms in total. The molecule has 142 valence electrons. The number of carbonyl (C=O) groups excluding carboxylic acids is 1. The predicted molar refractivity (Wildman–Crippen MR) is 113 cm³/mol. The number of carbonyl (C=O) groups is 1. The van der Waals surface area contributed by atoms with Gasteiger partial charge in [-0.05, 0) is 42.3 Å². The van der Waals surface area contributed by atoms with Gasteiger partial charge in [0.1, 0.15) is 5.75 Å². The first-order chi connectivity index (χ1) is 14.1. The molecular formula is C25H19NO3. The standard InChI is InChI=1S/C25H19NO3/c1-16-9-5-6-12-18(16)20-15-22(27)29-24-19-13-7-8-14-21(19)26(25(28)23(20)24)17-10-3-2-4-11-17/h2-14,20H,15H2,1H3. The van der Waals surface area contributed by atoms with Crippen molar-refractivity contribution in [2.24, 2.45) is 0 Å². The molecular weight excluding hydrogens is 362 g/mol. The van der Waals surface area contributed by atoms with E-state index in [9.17, 15) is 9.59 Å². The molecule has 1 unspecified atom stereocenters.